The second-order valence-corrected chi connectivity index (χ2v) is 21.5. The van der Waals surface area contributed by atoms with E-state index in [1.807, 2.05) is 0 Å². The summed E-state index contributed by atoms with van der Waals surface area (Å²) in [6.07, 6.45) is 63.1. The fraction of sp³-hybridized carbons (Fsp3) is 0.303. The lowest BCUT2D eigenvalue weighted by Gasteiger charge is -2.41. The number of rotatable bonds is 7. The van der Waals surface area contributed by atoms with Crippen LogP contribution in [0.15, 0.2) is 233 Å². The molecule has 0 amide bonds. The number of likely N-dealkylation sites (tertiary alicyclic amines) is 1. The van der Waals surface area contributed by atoms with Crippen LogP contribution in [0.3, 0.4) is 0 Å². The molecule has 11 atom stereocenters. The van der Waals surface area contributed by atoms with Crippen molar-refractivity contribution in [2.24, 2.45) is 34.6 Å². The van der Waals surface area contributed by atoms with Crippen molar-refractivity contribution >= 4 is 22.7 Å². The van der Waals surface area contributed by atoms with Crippen LogP contribution in [0.2, 0.25) is 0 Å². The number of nitrogens with one attached hydrogen (secondary N) is 1. The lowest BCUT2D eigenvalue weighted by molar-refractivity contribution is 0.272. The summed E-state index contributed by atoms with van der Waals surface area (Å²) in [5.41, 5.74) is 14.9. The van der Waals surface area contributed by atoms with Gasteiger partial charge in [-0.15, -0.1) is 0 Å². The quantitative estimate of drug-likeness (QED) is 0.240. The molecule has 0 spiro atoms. The molecule has 4 heterocycles. The number of allylic oxidation sites excluding steroid dienone is 21. The van der Waals surface area contributed by atoms with E-state index in [4.69, 9.17) is 4.99 Å². The van der Waals surface area contributed by atoms with E-state index < -0.39 is 0 Å². The summed E-state index contributed by atoms with van der Waals surface area (Å²) in [5.74, 6) is 2.08. The van der Waals surface area contributed by atoms with Crippen molar-refractivity contribution in [3.63, 3.8) is 0 Å². The molecule has 0 saturated carbocycles. The highest BCUT2D eigenvalue weighted by Gasteiger charge is 2.56. The summed E-state index contributed by atoms with van der Waals surface area (Å²) in [4.78, 5) is 11.0. The second kappa shape index (κ2) is 18.1. The van der Waals surface area contributed by atoms with Crippen molar-refractivity contribution < 1.29 is 0 Å². The van der Waals surface area contributed by atoms with Crippen molar-refractivity contribution in [1.29, 1.82) is 5.26 Å². The minimum Gasteiger partial charge on any atom is -0.360 e. The van der Waals surface area contributed by atoms with Gasteiger partial charge in [-0.1, -0.05) is 164 Å². The zero-order valence-corrected chi connectivity index (χ0v) is 40.9. The summed E-state index contributed by atoms with van der Waals surface area (Å²) in [6, 6.07) is 23.0. The van der Waals surface area contributed by atoms with Gasteiger partial charge in [0, 0.05) is 63.4 Å². The van der Waals surface area contributed by atoms with Crippen LogP contribution >= 0.6 is 0 Å². The molecule has 3 aliphatic heterocycles. The van der Waals surface area contributed by atoms with E-state index in [0.717, 1.165) is 61.8 Å². The number of hydrogen-bond acceptors (Lipinski definition) is 5. The van der Waals surface area contributed by atoms with Gasteiger partial charge in [0.25, 0.3) is 0 Å². The van der Waals surface area contributed by atoms with E-state index in [-0.39, 0.29) is 30.3 Å². The third kappa shape index (κ3) is 7.18. The van der Waals surface area contributed by atoms with E-state index in [1.165, 1.54) is 56.8 Å². The Morgan fingerprint density at radius 2 is 1.58 bits per heavy atom. The van der Waals surface area contributed by atoms with E-state index in [9.17, 15) is 5.26 Å². The highest BCUT2D eigenvalue weighted by atomic mass is 15.3. The molecule has 1 aromatic heterocycles. The molecular weight excluding hydrogens is 877 g/mol. The zero-order valence-electron chi connectivity index (χ0n) is 40.9. The maximum atomic E-state index is 11.6. The molecular formula is C66H62N6. The molecule has 14 rings (SSSR count). The van der Waals surface area contributed by atoms with Crippen LogP contribution in [-0.2, 0) is 6.42 Å². The number of fused-ring (bicyclic) bond motifs is 9. The van der Waals surface area contributed by atoms with Gasteiger partial charge in [-0.3, -0.25) is 10.3 Å². The molecule has 1 saturated heterocycles. The standard InChI is InChI=1S/C66H62N6/c67-42-47-40-53(55-37-36-54(68-66(69-55)46-20-6-2-7-21-46)45-34-32-44(33-35-45)43-18-4-1-5-19-43)63(71-56-28-14-10-24-49(56)50-25-11-15-29-57(50)71)41-62(47)72-59-31-17-13-27-52(59)65-61(72)39-38-60-64(65)51-26-12-16-30-58(51)70(60)48-22-8-3-9-23-48/h1-8,10-11,13-14,16-18,20-22,24-25,27-28,30-32,34-40,43-44,51-52,55,58-59,61,63,65-66,69H,9,12,15,19,23,26,29,33,41H2. The Hall–Kier alpha value is -7.20. The Labute approximate surface area is 425 Å². The number of para-hydroxylation sites is 1. The van der Waals surface area contributed by atoms with Gasteiger partial charge < -0.3 is 14.4 Å². The van der Waals surface area contributed by atoms with E-state index in [0.29, 0.717) is 42.1 Å². The molecule has 356 valence electrons. The number of hydrogen-bond donors (Lipinski definition) is 1. The lowest BCUT2D eigenvalue weighted by atomic mass is 9.71. The molecule has 2 aromatic carbocycles. The molecule has 8 aliphatic carbocycles. The Bertz CT molecular complexity index is 3300. The number of nitrogens with zero attached hydrogens (tertiary/aromatic N) is 5. The van der Waals surface area contributed by atoms with Gasteiger partial charge in [0.15, 0.2) is 0 Å². The van der Waals surface area contributed by atoms with Crippen molar-refractivity contribution in [2.45, 2.75) is 94.2 Å². The minimum atomic E-state index is -0.297. The van der Waals surface area contributed by atoms with Crippen LogP contribution in [0.5, 0.6) is 0 Å². The predicted molar refractivity (Wildman–Crippen MR) is 293 cm³/mol. The summed E-state index contributed by atoms with van der Waals surface area (Å²) in [7, 11) is 0. The Morgan fingerprint density at radius 1 is 0.708 bits per heavy atom. The molecule has 0 bridgehead atoms. The first-order valence-corrected chi connectivity index (χ1v) is 27.0. The highest BCUT2D eigenvalue weighted by Crippen LogP contribution is 2.58. The minimum absolute atomic E-state index is 0.0615. The van der Waals surface area contributed by atoms with Crippen LogP contribution in [-0.4, -0.2) is 44.2 Å². The molecule has 3 aromatic rings. The molecule has 1 N–H and O–H groups in total. The van der Waals surface area contributed by atoms with Crippen molar-refractivity contribution in [3.05, 3.63) is 244 Å². The van der Waals surface area contributed by atoms with Crippen LogP contribution in [0.25, 0.3) is 17.0 Å². The van der Waals surface area contributed by atoms with E-state index in [1.54, 1.807) is 5.57 Å². The second-order valence-electron chi connectivity index (χ2n) is 21.5. The number of benzene rings is 2. The molecule has 1 fully saturated rings. The van der Waals surface area contributed by atoms with Crippen molar-refractivity contribution in [3.8, 4) is 6.07 Å². The summed E-state index contributed by atoms with van der Waals surface area (Å²) in [6.45, 7) is 0. The van der Waals surface area contributed by atoms with Gasteiger partial charge in [-0.2, -0.15) is 5.26 Å². The monoisotopic (exact) mass is 939 g/mol. The zero-order chi connectivity index (χ0) is 47.7. The van der Waals surface area contributed by atoms with Crippen LogP contribution in [0.1, 0.15) is 80.4 Å². The largest absolute Gasteiger partial charge is 0.360 e. The third-order valence-corrected chi connectivity index (χ3v) is 17.9. The van der Waals surface area contributed by atoms with Gasteiger partial charge in [0.1, 0.15) is 12.2 Å². The van der Waals surface area contributed by atoms with Gasteiger partial charge in [-0.25, -0.2) is 0 Å². The number of aromatic nitrogens is 1. The molecule has 0 radical (unpaired) electrons. The number of nitriles is 1. The van der Waals surface area contributed by atoms with Gasteiger partial charge in [0.05, 0.1) is 41.5 Å². The normalized spacial score (nSPS) is 32.7. The van der Waals surface area contributed by atoms with Gasteiger partial charge in [0.2, 0.25) is 0 Å². The molecule has 11 unspecified atom stereocenters. The first-order chi connectivity index (χ1) is 35.7. The number of aliphatic imine (C=N–C) groups is 1. The summed E-state index contributed by atoms with van der Waals surface area (Å²) < 4.78 is 2.69. The highest BCUT2D eigenvalue weighted by molar-refractivity contribution is 6.10. The summed E-state index contributed by atoms with van der Waals surface area (Å²) >= 11 is 0. The molecule has 6 heteroatoms. The van der Waals surface area contributed by atoms with E-state index >= 15 is 0 Å². The van der Waals surface area contributed by atoms with E-state index in [2.05, 4.69) is 220 Å². The lowest BCUT2D eigenvalue weighted by Crippen LogP contribution is -2.41. The molecule has 11 aliphatic rings. The smallest absolute Gasteiger partial charge is 0.126 e. The van der Waals surface area contributed by atoms with Crippen molar-refractivity contribution in [1.82, 2.24) is 19.7 Å². The van der Waals surface area contributed by atoms with Gasteiger partial charge >= 0.3 is 0 Å². The first-order valence-electron chi connectivity index (χ1n) is 27.0. The predicted octanol–water partition coefficient (Wildman–Crippen LogP) is 13.7. The molecule has 72 heavy (non-hydrogen) atoms. The average molecular weight is 939 g/mol. The Morgan fingerprint density at radius 3 is 2.44 bits per heavy atom. The Kier molecular flexibility index (Phi) is 11.0. The van der Waals surface area contributed by atoms with Crippen LogP contribution in [0.4, 0.5) is 0 Å². The fourth-order valence-corrected chi connectivity index (χ4v) is 14.7. The van der Waals surface area contributed by atoms with Crippen molar-refractivity contribution in [2.75, 3.05) is 0 Å². The first kappa shape index (κ1) is 43.6. The van der Waals surface area contributed by atoms with Gasteiger partial charge in [-0.05, 0) is 116 Å². The average Bonchev–Trinajstić information content (AvgIpc) is 4.02. The Balaban J connectivity index is 0.899. The van der Waals surface area contributed by atoms with Crippen LogP contribution in [0, 0.1) is 40.9 Å². The molecule has 6 nitrogen and oxygen atoms in total. The maximum absolute atomic E-state index is 11.6. The topological polar surface area (TPSA) is 59.6 Å². The van der Waals surface area contributed by atoms with Crippen LogP contribution < -0.4 is 5.32 Å². The fourth-order valence-electron chi connectivity index (χ4n) is 14.7. The summed E-state index contributed by atoms with van der Waals surface area (Å²) in [5, 5.41) is 17.1. The maximum Gasteiger partial charge on any atom is 0.126 e. The SMILES string of the molecule is N#CC1=C(N2C3C=CC=CC3C3C4=C(C=CC32)N(C2=CC=CCC2)C2C=CCCC42)CC(n2c3c(c4ccccc42)C=CCC3)C(C2C=CC(C3=CCC(C4C=CC=CC4)C=C3)=NC(c3ccccc3)N2)=C1. The third-order valence-electron chi connectivity index (χ3n) is 17.9.